The number of benzene rings is 2. The van der Waals surface area contributed by atoms with Gasteiger partial charge < -0.3 is 24.3 Å². The number of nitrogens with one attached hydrogen (secondary N) is 1. The minimum atomic E-state index is 0.420. The van der Waals surface area contributed by atoms with Crippen molar-refractivity contribution in [2.24, 2.45) is 0 Å². The molecule has 2 aliphatic rings. The average Bonchev–Trinajstić information content (AvgIpc) is 3.30. The molecule has 0 saturated carbocycles. The van der Waals surface area contributed by atoms with Crippen LogP contribution in [0.5, 0.6) is 16.6 Å². The number of thiophene rings is 1. The molecule has 6 nitrogen and oxygen atoms in total. The number of fused-ring (bicyclic) bond motifs is 1. The summed E-state index contributed by atoms with van der Waals surface area (Å²) in [4.78, 5) is 0. The summed E-state index contributed by atoms with van der Waals surface area (Å²) in [6.07, 6.45) is 2.14. The standard InChI is InChI=1S/C26H26N2O4S/c27-14-22-23(20-5-6-24-25(13-20)31-12-11-30-24)17-33-26(22)32-16-19-3-1-18(2-4-19)15-28-21-7-9-29-10-8-21/h1-6,13,17,21,28H,7-12,15-16H2. The highest BCUT2D eigenvalue weighted by Crippen LogP contribution is 2.40. The van der Waals surface area contributed by atoms with Gasteiger partial charge in [0.15, 0.2) is 16.6 Å². The average molecular weight is 463 g/mol. The highest BCUT2D eigenvalue weighted by Gasteiger charge is 2.18. The van der Waals surface area contributed by atoms with Crippen LogP contribution in [0.15, 0.2) is 47.8 Å². The van der Waals surface area contributed by atoms with Crippen molar-refractivity contribution in [2.75, 3.05) is 26.4 Å². The van der Waals surface area contributed by atoms with Gasteiger partial charge in [0.1, 0.15) is 31.5 Å². The van der Waals surface area contributed by atoms with Crippen molar-refractivity contribution >= 4 is 11.3 Å². The van der Waals surface area contributed by atoms with Crippen LogP contribution < -0.4 is 19.5 Å². The molecule has 0 spiro atoms. The van der Waals surface area contributed by atoms with E-state index in [1.807, 2.05) is 23.6 Å². The van der Waals surface area contributed by atoms with E-state index < -0.39 is 0 Å². The third-order valence-electron chi connectivity index (χ3n) is 5.93. The van der Waals surface area contributed by atoms with Crippen LogP contribution in [-0.2, 0) is 17.9 Å². The highest BCUT2D eigenvalue weighted by atomic mass is 32.1. The summed E-state index contributed by atoms with van der Waals surface area (Å²) in [6, 6.07) is 17.0. The number of hydrogen-bond acceptors (Lipinski definition) is 7. The molecule has 0 radical (unpaired) electrons. The molecule has 1 N–H and O–H groups in total. The summed E-state index contributed by atoms with van der Waals surface area (Å²) in [6.45, 7) is 4.05. The lowest BCUT2D eigenvalue weighted by Gasteiger charge is -2.23. The van der Waals surface area contributed by atoms with E-state index in [0.29, 0.717) is 42.2 Å². The van der Waals surface area contributed by atoms with E-state index in [1.54, 1.807) is 0 Å². The Kier molecular flexibility index (Phi) is 6.77. The molecule has 0 amide bonds. The van der Waals surface area contributed by atoms with Crippen molar-refractivity contribution in [1.29, 1.82) is 5.26 Å². The monoisotopic (exact) mass is 462 g/mol. The van der Waals surface area contributed by atoms with E-state index in [1.165, 1.54) is 16.9 Å². The molecule has 0 unspecified atom stereocenters. The first-order valence-corrected chi connectivity index (χ1v) is 12.1. The van der Waals surface area contributed by atoms with Crippen LogP contribution >= 0.6 is 11.3 Å². The van der Waals surface area contributed by atoms with E-state index in [0.717, 1.165) is 55.0 Å². The smallest absolute Gasteiger partial charge is 0.192 e. The van der Waals surface area contributed by atoms with Gasteiger partial charge in [-0.2, -0.15) is 5.26 Å². The van der Waals surface area contributed by atoms with E-state index >= 15 is 0 Å². The second-order valence-corrected chi connectivity index (χ2v) is 9.00. The van der Waals surface area contributed by atoms with Crippen LogP contribution in [0.3, 0.4) is 0 Å². The van der Waals surface area contributed by atoms with Gasteiger partial charge in [-0.15, -0.1) is 11.3 Å². The van der Waals surface area contributed by atoms with E-state index in [4.69, 9.17) is 18.9 Å². The summed E-state index contributed by atoms with van der Waals surface area (Å²) in [5.41, 5.74) is 4.64. The molecule has 1 saturated heterocycles. The first kappa shape index (κ1) is 21.8. The predicted molar refractivity (Wildman–Crippen MR) is 127 cm³/mol. The molecule has 2 aromatic carbocycles. The van der Waals surface area contributed by atoms with Gasteiger partial charge in [0.25, 0.3) is 0 Å². The zero-order valence-electron chi connectivity index (χ0n) is 18.3. The summed E-state index contributed by atoms with van der Waals surface area (Å²) >= 11 is 1.44. The Balaban J connectivity index is 1.21. The molecule has 7 heteroatoms. The Morgan fingerprint density at radius 1 is 0.970 bits per heavy atom. The Labute approximate surface area is 197 Å². The molecule has 170 valence electrons. The number of hydrogen-bond donors (Lipinski definition) is 1. The summed E-state index contributed by atoms with van der Waals surface area (Å²) < 4.78 is 22.7. The van der Waals surface area contributed by atoms with Crippen LogP contribution in [0.4, 0.5) is 0 Å². The van der Waals surface area contributed by atoms with Gasteiger partial charge in [-0.1, -0.05) is 30.3 Å². The fraction of sp³-hybridized carbons (Fsp3) is 0.346. The first-order chi connectivity index (χ1) is 16.3. The van der Waals surface area contributed by atoms with Crippen molar-refractivity contribution < 1.29 is 18.9 Å². The van der Waals surface area contributed by atoms with Crippen molar-refractivity contribution in [2.45, 2.75) is 32.0 Å². The second kappa shape index (κ2) is 10.3. The van der Waals surface area contributed by atoms with Gasteiger partial charge >= 0.3 is 0 Å². The Morgan fingerprint density at radius 3 is 2.52 bits per heavy atom. The van der Waals surface area contributed by atoms with Gasteiger partial charge in [0.05, 0.1) is 0 Å². The van der Waals surface area contributed by atoms with E-state index in [2.05, 4.69) is 35.7 Å². The minimum absolute atomic E-state index is 0.420. The van der Waals surface area contributed by atoms with Gasteiger partial charge in [0.2, 0.25) is 0 Å². The minimum Gasteiger partial charge on any atom is -0.486 e. The number of rotatable bonds is 7. The SMILES string of the molecule is N#Cc1c(-c2ccc3c(c2)OCCO3)csc1OCc1ccc(CNC2CCOCC2)cc1. The number of nitriles is 1. The Hall–Kier alpha value is -3.05. The molecule has 0 atom stereocenters. The molecule has 0 aliphatic carbocycles. The van der Waals surface area contributed by atoms with Crippen molar-refractivity contribution in [3.05, 3.63) is 64.5 Å². The molecule has 5 rings (SSSR count). The molecule has 2 aliphatic heterocycles. The lowest BCUT2D eigenvalue weighted by molar-refractivity contribution is 0.0776. The molecular formula is C26H26N2O4S. The molecule has 0 bridgehead atoms. The quantitative estimate of drug-likeness (QED) is 0.538. The van der Waals surface area contributed by atoms with Crippen LogP contribution in [0.1, 0.15) is 29.5 Å². The molecule has 3 aromatic rings. The highest BCUT2D eigenvalue weighted by molar-refractivity contribution is 7.12. The first-order valence-electron chi connectivity index (χ1n) is 11.2. The normalized spacial score (nSPS) is 15.7. The summed E-state index contributed by atoms with van der Waals surface area (Å²) in [5.74, 6) is 1.45. The van der Waals surface area contributed by atoms with Crippen molar-refractivity contribution in [3.63, 3.8) is 0 Å². The van der Waals surface area contributed by atoms with Crippen LogP contribution in [-0.4, -0.2) is 32.5 Å². The molecule has 33 heavy (non-hydrogen) atoms. The van der Waals surface area contributed by atoms with Gasteiger partial charge in [0, 0.05) is 36.7 Å². The fourth-order valence-corrected chi connectivity index (χ4v) is 4.92. The van der Waals surface area contributed by atoms with E-state index in [-0.39, 0.29) is 0 Å². The largest absolute Gasteiger partial charge is 0.486 e. The van der Waals surface area contributed by atoms with Crippen molar-refractivity contribution in [1.82, 2.24) is 5.32 Å². The van der Waals surface area contributed by atoms with Crippen LogP contribution in [0.2, 0.25) is 0 Å². The maximum absolute atomic E-state index is 9.79. The fourth-order valence-electron chi connectivity index (χ4n) is 4.04. The summed E-state index contributed by atoms with van der Waals surface area (Å²) in [5, 5.41) is 16.0. The Morgan fingerprint density at radius 2 is 1.73 bits per heavy atom. The second-order valence-electron chi connectivity index (χ2n) is 8.15. The Bertz CT molecular complexity index is 1130. The lowest BCUT2D eigenvalue weighted by Crippen LogP contribution is -2.34. The number of nitrogens with zero attached hydrogens (tertiary/aromatic N) is 1. The molecule has 3 heterocycles. The van der Waals surface area contributed by atoms with Crippen LogP contribution in [0, 0.1) is 11.3 Å². The van der Waals surface area contributed by atoms with Gasteiger partial charge in [-0.3, -0.25) is 0 Å². The van der Waals surface area contributed by atoms with Crippen LogP contribution in [0.25, 0.3) is 11.1 Å². The zero-order valence-corrected chi connectivity index (χ0v) is 19.2. The van der Waals surface area contributed by atoms with E-state index in [9.17, 15) is 5.26 Å². The summed E-state index contributed by atoms with van der Waals surface area (Å²) in [7, 11) is 0. The molecular weight excluding hydrogens is 436 g/mol. The third kappa shape index (κ3) is 5.14. The predicted octanol–water partition coefficient (Wildman–Crippen LogP) is 4.91. The third-order valence-corrected chi connectivity index (χ3v) is 6.82. The van der Waals surface area contributed by atoms with Gasteiger partial charge in [-0.25, -0.2) is 0 Å². The maximum Gasteiger partial charge on any atom is 0.192 e. The lowest BCUT2D eigenvalue weighted by atomic mass is 10.0. The number of ether oxygens (including phenoxy) is 4. The van der Waals surface area contributed by atoms with Gasteiger partial charge in [-0.05, 0) is 41.7 Å². The zero-order chi connectivity index (χ0) is 22.5. The molecule has 1 aromatic heterocycles. The molecule has 1 fully saturated rings. The van der Waals surface area contributed by atoms with Crippen molar-refractivity contribution in [3.8, 4) is 33.8 Å². The topological polar surface area (TPSA) is 72.7 Å². The maximum atomic E-state index is 9.79.